The van der Waals surface area contributed by atoms with Crippen LogP contribution in [-0.2, 0) is 4.79 Å². The second-order valence-corrected chi connectivity index (χ2v) is 4.42. The molecule has 1 rings (SSSR count). The first-order valence-electron chi connectivity index (χ1n) is 5.31. The van der Waals surface area contributed by atoms with Crippen LogP contribution >= 0.6 is 11.6 Å². The van der Waals surface area contributed by atoms with Gasteiger partial charge in [0.05, 0.1) is 10.6 Å². The van der Waals surface area contributed by atoms with Gasteiger partial charge in [-0.05, 0) is 26.0 Å². The summed E-state index contributed by atoms with van der Waals surface area (Å²) in [4.78, 5) is 23.8. The summed E-state index contributed by atoms with van der Waals surface area (Å²) < 4.78 is 13.6. The number of benzene rings is 1. The molecule has 0 saturated carbocycles. The Hall–Kier alpha value is -1.62. The van der Waals surface area contributed by atoms with Gasteiger partial charge in [0, 0.05) is 6.04 Å². The first kappa shape index (κ1) is 14.4. The third-order valence-electron chi connectivity index (χ3n) is 2.37. The van der Waals surface area contributed by atoms with Crippen molar-refractivity contribution >= 4 is 23.5 Å². The SMILES string of the molecule is CC(C)N(CC(=O)O)C(=O)c1c(F)cccc1Cl. The summed E-state index contributed by atoms with van der Waals surface area (Å²) in [7, 11) is 0. The van der Waals surface area contributed by atoms with Crippen molar-refractivity contribution in [3.8, 4) is 0 Å². The third kappa shape index (κ3) is 3.20. The van der Waals surface area contributed by atoms with E-state index in [0.717, 1.165) is 11.0 Å². The molecule has 0 aliphatic rings. The fourth-order valence-electron chi connectivity index (χ4n) is 1.48. The highest BCUT2D eigenvalue weighted by molar-refractivity contribution is 6.33. The zero-order valence-corrected chi connectivity index (χ0v) is 10.7. The van der Waals surface area contributed by atoms with Crippen molar-refractivity contribution in [2.24, 2.45) is 0 Å². The largest absolute Gasteiger partial charge is 0.480 e. The Morgan fingerprint density at radius 1 is 1.44 bits per heavy atom. The second kappa shape index (κ2) is 5.82. The van der Waals surface area contributed by atoms with E-state index in [2.05, 4.69) is 0 Å². The number of aliphatic carboxylic acids is 1. The van der Waals surface area contributed by atoms with Crippen LogP contribution in [0.1, 0.15) is 24.2 Å². The number of carbonyl (C=O) groups excluding carboxylic acids is 1. The lowest BCUT2D eigenvalue weighted by Gasteiger charge is -2.25. The number of carbonyl (C=O) groups is 2. The molecule has 18 heavy (non-hydrogen) atoms. The van der Waals surface area contributed by atoms with Gasteiger partial charge in [-0.1, -0.05) is 17.7 Å². The highest BCUT2D eigenvalue weighted by Gasteiger charge is 2.25. The number of amides is 1. The molecule has 1 N–H and O–H groups in total. The van der Waals surface area contributed by atoms with Gasteiger partial charge < -0.3 is 10.0 Å². The quantitative estimate of drug-likeness (QED) is 0.916. The van der Waals surface area contributed by atoms with E-state index < -0.39 is 24.2 Å². The standard InChI is InChI=1S/C12H13ClFNO3/c1-7(2)15(6-10(16)17)12(18)11-8(13)4-3-5-9(11)14/h3-5,7H,6H2,1-2H3,(H,16,17). The van der Waals surface area contributed by atoms with Crippen molar-refractivity contribution in [3.05, 3.63) is 34.6 Å². The summed E-state index contributed by atoms with van der Waals surface area (Å²) >= 11 is 5.77. The van der Waals surface area contributed by atoms with Crippen molar-refractivity contribution in [3.63, 3.8) is 0 Å². The highest BCUT2D eigenvalue weighted by atomic mass is 35.5. The van der Waals surface area contributed by atoms with Gasteiger partial charge in [-0.15, -0.1) is 0 Å². The van der Waals surface area contributed by atoms with Crippen LogP contribution in [0.2, 0.25) is 5.02 Å². The molecule has 0 aliphatic carbocycles. The van der Waals surface area contributed by atoms with E-state index in [9.17, 15) is 14.0 Å². The van der Waals surface area contributed by atoms with E-state index in [-0.39, 0.29) is 16.6 Å². The van der Waals surface area contributed by atoms with Gasteiger partial charge in [-0.25, -0.2) is 4.39 Å². The smallest absolute Gasteiger partial charge is 0.323 e. The van der Waals surface area contributed by atoms with Crippen LogP contribution < -0.4 is 0 Å². The predicted molar refractivity (Wildman–Crippen MR) is 65.2 cm³/mol. The van der Waals surface area contributed by atoms with Gasteiger partial charge in [0.2, 0.25) is 0 Å². The van der Waals surface area contributed by atoms with Crippen LogP contribution in [0, 0.1) is 5.82 Å². The zero-order chi connectivity index (χ0) is 13.9. The number of hydrogen-bond donors (Lipinski definition) is 1. The van der Waals surface area contributed by atoms with Crippen molar-refractivity contribution in [2.45, 2.75) is 19.9 Å². The molecule has 0 atom stereocenters. The molecule has 0 spiro atoms. The van der Waals surface area contributed by atoms with E-state index in [1.54, 1.807) is 13.8 Å². The van der Waals surface area contributed by atoms with Crippen LogP contribution in [0.5, 0.6) is 0 Å². The number of hydrogen-bond acceptors (Lipinski definition) is 2. The minimum atomic E-state index is -1.16. The Morgan fingerprint density at radius 2 is 2.06 bits per heavy atom. The van der Waals surface area contributed by atoms with Gasteiger partial charge in [0.1, 0.15) is 12.4 Å². The number of rotatable bonds is 4. The van der Waals surface area contributed by atoms with E-state index in [0.29, 0.717) is 0 Å². The molecule has 4 nitrogen and oxygen atoms in total. The van der Waals surface area contributed by atoms with Gasteiger partial charge in [-0.3, -0.25) is 9.59 Å². The van der Waals surface area contributed by atoms with Crippen LogP contribution in [0.15, 0.2) is 18.2 Å². The maximum atomic E-state index is 13.6. The maximum Gasteiger partial charge on any atom is 0.323 e. The Labute approximate surface area is 109 Å². The minimum Gasteiger partial charge on any atom is -0.480 e. The maximum absolute atomic E-state index is 13.6. The molecule has 1 aromatic rings. The normalized spacial score (nSPS) is 10.5. The molecular weight excluding hydrogens is 261 g/mol. The summed E-state index contributed by atoms with van der Waals surface area (Å²) in [6, 6.07) is 3.50. The zero-order valence-electron chi connectivity index (χ0n) is 9.98. The lowest BCUT2D eigenvalue weighted by Crippen LogP contribution is -2.41. The molecule has 0 bridgehead atoms. The Balaban J connectivity index is 3.14. The molecule has 0 heterocycles. The van der Waals surface area contributed by atoms with Crippen LogP contribution in [0.3, 0.4) is 0 Å². The molecule has 0 radical (unpaired) electrons. The monoisotopic (exact) mass is 273 g/mol. The molecule has 98 valence electrons. The van der Waals surface area contributed by atoms with Gasteiger partial charge in [0.25, 0.3) is 5.91 Å². The van der Waals surface area contributed by atoms with Gasteiger partial charge >= 0.3 is 5.97 Å². The van der Waals surface area contributed by atoms with E-state index >= 15 is 0 Å². The molecule has 0 fully saturated rings. The van der Waals surface area contributed by atoms with Crippen molar-refractivity contribution in [2.75, 3.05) is 6.54 Å². The van der Waals surface area contributed by atoms with Crippen molar-refractivity contribution in [1.29, 1.82) is 0 Å². The average Bonchev–Trinajstić information content (AvgIpc) is 2.24. The Bertz CT molecular complexity index is 456. The second-order valence-electron chi connectivity index (χ2n) is 4.02. The minimum absolute atomic E-state index is 0.0314. The first-order chi connectivity index (χ1) is 8.34. The number of nitrogens with zero attached hydrogens (tertiary/aromatic N) is 1. The molecular formula is C12H13ClFNO3. The molecule has 6 heteroatoms. The van der Waals surface area contributed by atoms with Crippen molar-refractivity contribution in [1.82, 2.24) is 4.90 Å². The Morgan fingerprint density at radius 3 is 2.50 bits per heavy atom. The Kier molecular flexibility index (Phi) is 4.67. The molecule has 1 aromatic carbocycles. The average molecular weight is 274 g/mol. The lowest BCUT2D eigenvalue weighted by molar-refractivity contribution is -0.138. The van der Waals surface area contributed by atoms with Crippen LogP contribution in [0.4, 0.5) is 4.39 Å². The van der Waals surface area contributed by atoms with Gasteiger partial charge in [0.15, 0.2) is 0 Å². The van der Waals surface area contributed by atoms with E-state index in [4.69, 9.17) is 16.7 Å². The predicted octanol–water partition coefficient (Wildman–Crippen LogP) is 2.41. The third-order valence-corrected chi connectivity index (χ3v) is 2.68. The topological polar surface area (TPSA) is 57.6 Å². The fraction of sp³-hybridized carbons (Fsp3) is 0.333. The highest BCUT2D eigenvalue weighted by Crippen LogP contribution is 2.21. The summed E-state index contributed by atoms with van der Waals surface area (Å²) in [5, 5.41) is 8.72. The molecule has 0 aromatic heterocycles. The molecule has 1 amide bonds. The number of halogens is 2. The van der Waals surface area contributed by atoms with Crippen LogP contribution in [0.25, 0.3) is 0 Å². The van der Waals surface area contributed by atoms with E-state index in [1.807, 2.05) is 0 Å². The molecule has 0 aliphatic heterocycles. The summed E-state index contributed by atoms with van der Waals surface area (Å²) in [5.74, 6) is -2.65. The first-order valence-corrected chi connectivity index (χ1v) is 5.69. The number of carboxylic acid groups (broad SMARTS) is 1. The van der Waals surface area contributed by atoms with E-state index in [1.165, 1.54) is 12.1 Å². The summed E-state index contributed by atoms with van der Waals surface area (Å²) in [5.41, 5.74) is -0.297. The van der Waals surface area contributed by atoms with Gasteiger partial charge in [-0.2, -0.15) is 0 Å². The summed E-state index contributed by atoms with van der Waals surface area (Å²) in [6.07, 6.45) is 0. The van der Waals surface area contributed by atoms with Crippen LogP contribution in [-0.4, -0.2) is 34.5 Å². The fourth-order valence-corrected chi connectivity index (χ4v) is 1.72. The summed E-state index contributed by atoms with van der Waals surface area (Å²) in [6.45, 7) is 2.80. The lowest BCUT2D eigenvalue weighted by atomic mass is 10.1. The van der Waals surface area contributed by atoms with Crippen molar-refractivity contribution < 1.29 is 19.1 Å². The number of carboxylic acids is 1. The molecule has 0 unspecified atom stereocenters. The molecule has 0 saturated heterocycles.